The summed E-state index contributed by atoms with van der Waals surface area (Å²) in [5.41, 5.74) is 0.635. The molecule has 0 aliphatic carbocycles. The maximum atomic E-state index is 12.7. The number of benzene rings is 1. The van der Waals surface area contributed by atoms with Crippen molar-refractivity contribution in [3.63, 3.8) is 0 Å². The number of likely N-dealkylation sites (tertiary alicyclic amines) is 1. The van der Waals surface area contributed by atoms with E-state index in [0.717, 1.165) is 22.7 Å². The first-order valence-corrected chi connectivity index (χ1v) is 9.02. The van der Waals surface area contributed by atoms with Crippen LogP contribution >= 0.6 is 11.3 Å². The number of rotatable bonds is 4. The second kappa shape index (κ2) is 7.57. The summed E-state index contributed by atoms with van der Waals surface area (Å²) in [6, 6.07) is 8.78. The Morgan fingerprint density at radius 3 is 2.79 bits per heavy atom. The van der Waals surface area contributed by atoms with E-state index in [2.05, 4.69) is 10.3 Å². The van der Waals surface area contributed by atoms with Crippen LogP contribution in [0.5, 0.6) is 0 Å². The van der Waals surface area contributed by atoms with Crippen molar-refractivity contribution in [1.29, 1.82) is 0 Å². The Balaban J connectivity index is 1.67. The van der Waals surface area contributed by atoms with Gasteiger partial charge in [-0.3, -0.25) is 9.59 Å². The quantitative estimate of drug-likeness (QED) is 0.928. The number of hydrogen-bond acceptors (Lipinski definition) is 4. The molecule has 1 aliphatic rings. The molecule has 6 heteroatoms. The van der Waals surface area contributed by atoms with E-state index in [0.29, 0.717) is 25.1 Å². The maximum absolute atomic E-state index is 12.7. The molecule has 1 aromatic carbocycles. The summed E-state index contributed by atoms with van der Waals surface area (Å²) in [5, 5.41) is 3.94. The summed E-state index contributed by atoms with van der Waals surface area (Å²) in [5.74, 6) is -0.144. The van der Waals surface area contributed by atoms with E-state index in [1.807, 2.05) is 25.1 Å². The van der Waals surface area contributed by atoms with Crippen LogP contribution in [0.2, 0.25) is 0 Å². The molecule has 1 aliphatic heterocycles. The van der Waals surface area contributed by atoms with Gasteiger partial charge < -0.3 is 10.2 Å². The van der Waals surface area contributed by atoms with Crippen molar-refractivity contribution in [2.45, 2.75) is 38.8 Å². The van der Waals surface area contributed by atoms with Gasteiger partial charge in [-0.05, 0) is 38.3 Å². The van der Waals surface area contributed by atoms with Crippen LogP contribution in [0, 0.1) is 6.92 Å². The third-order valence-electron chi connectivity index (χ3n) is 4.19. The average Bonchev–Trinajstić information content (AvgIpc) is 3.05. The fraction of sp³-hybridized carbons (Fsp3) is 0.389. The van der Waals surface area contributed by atoms with Gasteiger partial charge in [-0.1, -0.05) is 18.2 Å². The van der Waals surface area contributed by atoms with E-state index >= 15 is 0 Å². The monoisotopic (exact) mass is 343 g/mol. The van der Waals surface area contributed by atoms with Crippen LogP contribution in [0.4, 0.5) is 0 Å². The molecule has 0 bridgehead atoms. The van der Waals surface area contributed by atoms with Crippen molar-refractivity contribution >= 4 is 23.2 Å². The number of thiazole rings is 1. The number of nitrogens with one attached hydrogen (secondary N) is 1. The number of hydrogen-bond donors (Lipinski definition) is 1. The zero-order valence-electron chi connectivity index (χ0n) is 13.7. The highest BCUT2D eigenvalue weighted by molar-refractivity contribution is 7.11. The first kappa shape index (κ1) is 16.6. The topological polar surface area (TPSA) is 62.3 Å². The molecule has 1 fully saturated rings. The van der Waals surface area contributed by atoms with Crippen LogP contribution in [0.25, 0.3) is 0 Å². The van der Waals surface area contributed by atoms with Gasteiger partial charge in [0.1, 0.15) is 6.04 Å². The molecule has 5 nitrogen and oxygen atoms in total. The van der Waals surface area contributed by atoms with E-state index in [4.69, 9.17) is 0 Å². The zero-order chi connectivity index (χ0) is 16.9. The van der Waals surface area contributed by atoms with Crippen molar-refractivity contribution < 1.29 is 9.59 Å². The molecule has 2 heterocycles. The van der Waals surface area contributed by atoms with Gasteiger partial charge in [-0.15, -0.1) is 11.3 Å². The van der Waals surface area contributed by atoms with Gasteiger partial charge >= 0.3 is 0 Å². The highest BCUT2D eigenvalue weighted by atomic mass is 32.1. The molecule has 1 saturated heterocycles. The predicted molar refractivity (Wildman–Crippen MR) is 93.8 cm³/mol. The minimum atomic E-state index is -0.388. The minimum Gasteiger partial charge on any atom is -0.349 e. The SMILES string of the molecule is Cc1ncc(CNC(=O)C2CCCCN2C(=O)c2ccccc2)s1. The third kappa shape index (κ3) is 3.82. The Labute approximate surface area is 145 Å². The molecule has 24 heavy (non-hydrogen) atoms. The van der Waals surface area contributed by atoms with E-state index in [-0.39, 0.29) is 17.9 Å². The van der Waals surface area contributed by atoms with Crippen LogP contribution in [0.15, 0.2) is 36.5 Å². The normalized spacial score (nSPS) is 17.5. The smallest absolute Gasteiger partial charge is 0.254 e. The molecule has 0 radical (unpaired) electrons. The van der Waals surface area contributed by atoms with E-state index in [9.17, 15) is 9.59 Å². The van der Waals surface area contributed by atoms with E-state index < -0.39 is 0 Å². The molecule has 2 aromatic rings. The largest absolute Gasteiger partial charge is 0.349 e. The molecule has 0 saturated carbocycles. The minimum absolute atomic E-state index is 0.0657. The second-order valence-corrected chi connectivity index (χ2v) is 7.26. The first-order valence-electron chi connectivity index (χ1n) is 8.20. The van der Waals surface area contributed by atoms with Crippen LogP contribution in [-0.2, 0) is 11.3 Å². The lowest BCUT2D eigenvalue weighted by molar-refractivity contribution is -0.126. The van der Waals surface area contributed by atoms with Crippen LogP contribution < -0.4 is 5.32 Å². The number of nitrogens with zero attached hydrogens (tertiary/aromatic N) is 2. The molecular formula is C18H21N3O2S. The van der Waals surface area contributed by atoms with Gasteiger partial charge in [0.05, 0.1) is 11.6 Å². The third-order valence-corrected chi connectivity index (χ3v) is 5.11. The van der Waals surface area contributed by atoms with Crippen molar-refractivity contribution in [2.75, 3.05) is 6.54 Å². The maximum Gasteiger partial charge on any atom is 0.254 e. The number of carbonyl (C=O) groups is 2. The zero-order valence-corrected chi connectivity index (χ0v) is 14.5. The lowest BCUT2D eigenvalue weighted by atomic mass is 10.00. The fourth-order valence-electron chi connectivity index (χ4n) is 2.97. The summed E-state index contributed by atoms with van der Waals surface area (Å²) < 4.78 is 0. The van der Waals surface area contributed by atoms with Crippen LogP contribution in [0.3, 0.4) is 0 Å². The molecule has 3 rings (SSSR count). The standard InChI is InChI=1S/C18H21N3O2S/c1-13-19-11-15(24-13)12-20-17(22)16-9-5-6-10-21(16)18(23)14-7-3-2-4-8-14/h2-4,7-8,11,16H,5-6,9-10,12H2,1H3,(H,20,22). The highest BCUT2D eigenvalue weighted by Crippen LogP contribution is 2.20. The van der Waals surface area contributed by atoms with Gasteiger partial charge in [0.25, 0.3) is 5.91 Å². The molecule has 0 spiro atoms. The Hall–Kier alpha value is -2.21. The first-order chi connectivity index (χ1) is 11.6. The molecule has 1 unspecified atom stereocenters. The van der Waals surface area contributed by atoms with Crippen LogP contribution in [0.1, 0.15) is 39.5 Å². The summed E-state index contributed by atoms with van der Waals surface area (Å²) in [7, 11) is 0. The number of aryl methyl sites for hydroxylation is 1. The Kier molecular flexibility index (Phi) is 5.25. The van der Waals surface area contributed by atoms with Crippen LogP contribution in [-0.4, -0.2) is 34.3 Å². The molecular weight excluding hydrogens is 322 g/mol. The Bertz CT molecular complexity index is 714. The average molecular weight is 343 g/mol. The Morgan fingerprint density at radius 2 is 2.08 bits per heavy atom. The van der Waals surface area contributed by atoms with E-state index in [1.54, 1.807) is 34.6 Å². The fourth-order valence-corrected chi connectivity index (χ4v) is 3.71. The van der Waals surface area contributed by atoms with Crippen molar-refractivity contribution in [1.82, 2.24) is 15.2 Å². The van der Waals surface area contributed by atoms with Crippen molar-refractivity contribution in [3.05, 3.63) is 52.0 Å². The van der Waals surface area contributed by atoms with Gasteiger partial charge in [0, 0.05) is 23.2 Å². The summed E-state index contributed by atoms with van der Waals surface area (Å²) in [6.45, 7) is 3.04. The number of piperidine rings is 1. The van der Waals surface area contributed by atoms with Gasteiger partial charge in [-0.2, -0.15) is 0 Å². The van der Waals surface area contributed by atoms with Gasteiger partial charge in [0.2, 0.25) is 5.91 Å². The van der Waals surface area contributed by atoms with Gasteiger partial charge in [0.15, 0.2) is 0 Å². The number of aromatic nitrogens is 1. The van der Waals surface area contributed by atoms with Crippen molar-refractivity contribution in [2.24, 2.45) is 0 Å². The second-order valence-electron chi connectivity index (χ2n) is 5.94. The van der Waals surface area contributed by atoms with Gasteiger partial charge in [-0.25, -0.2) is 4.98 Å². The summed E-state index contributed by atoms with van der Waals surface area (Å²) in [6.07, 6.45) is 4.41. The lowest BCUT2D eigenvalue weighted by Gasteiger charge is -2.34. The molecule has 2 amide bonds. The number of carbonyl (C=O) groups excluding carboxylic acids is 2. The molecule has 1 N–H and O–H groups in total. The molecule has 1 atom stereocenters. The highest BCUT2D eigenvalue weighted by Gasteiger charge is 2.32. The van der Waals surface area contributed by atoms with E-state index in [1.165, 1.54) is 0 Å². The Morgan fingerprint density at radius 1 is 1.29 bits per heavy atom. The summed E-state index contributed by atoms with van der Waals surface area (Å²) >= 11 is 1.57. The molecule has 1 aromatic heterocycles. The lowest BCUT2D eigenvalue weighted by Crippen LogP contribution is -2.51. The number of amides is 2. The van der Waals surface area contributed by atoms with Crippen molar-refractivity contribution in [3.8, 4) is 0 Å². The predicted octanol–water partition coefficient (Wildman–Crippen LogP) is 2.76. The summed E-state index contributed by atoms with van der Waals surface area (Å²) in [4.78, 5) is 32.3. The molecule has 126 valence electrons.